The standard InChI is InChI=1S/C11H11N5O4/c1-16-9(18)8(12)14-11(15-16)13-5-2-3-7(17)6(4-5)10(19)20/h2-4,17H,1H3,(H,19,20)(H3,12,13,14,15). The summed E-state index contributed by atoms with van der Waals surface area (Å²) in [5.41, 5.74) is 4.95. The predicted octanol–water partition coefficient (Wildman–Crippen LogP) is -0.0951. The first-order valence-corrected chi connectivity index (χ1v) is 5.42. The van der Waals surface area contributed by atoms with Gasteiger partial charge < -0.3 is 21.3 Å². The Bertz CT molecular complexity index is 714. The van der Waals surface area contributed by atoms with Crippen LogP contribution >= 0.6 is 0 Å². The Kier molecular flexibility index (Phi) is 3.25. The molecule has 1 aromatic heterocycles. The third-order valence-electron chi connectivity index (χ3n) is 2.47. The molecule has 0 aliphatic rings. The number of aromatic hydroxyl groups is 1. The van der Waals surface area contributed by atoms with E-state index in [0.717, 1.165) is 4.68 Å². The van der Waals surface area contributed by atoms with Crippen molar-refractivity contribution in [3.05, 3.63) is 34.1 Å². The summed E-state index contributed by atoms with van der Waals surface area (Å²) in [5, 5.41) is 24.8. The molecular formula is C11H11N5O4. The third kappa shape index (κ3) is 2.51. The predicted molar refractivity (Wildman–Crippen MR) is 70.0 cm³/mol. The molecule has 2 rings (SSSR count). The van der Waals surface area contributed by atoms with Crippen molar-refractivity contribution in [2.45, 2.75) is 0 Å². The molecule has 104 valence electrons. The van der Waals surface area contributed by atoms with E-state index in [2.05, 4.69) is 15.4 Å². The van der Waals surface area contributed by atoms with E-state index in [0.29, 0.717) is 5.69 Å². The second-order valence-electron chi connectivity index (χ2n) is 3.91. The van der Waals surface area contributed by atoms with E-state index in [1.165, 1.54) is 25.2 Å². The largest absolute Gasteiger partial charge is 0.507 e. The number of nitrogens with zero attached hydrogens (tertiary/aromatic N) is 3. The van der Waals surface area contributed by atoms with Crippen molar-refractivity contribution in [2.75, 3.05) is 11.1 Å². The van der Waals surface area contributed by atoms with Gasteiger partial charge in [-0.25, -0.2) is 9.48 Å². The van der Waals surface area contributed by atoms with E-state index in [1.807, 2.05) is 0 Å². The average molecular weight is 277 g/mol. The zero-order valence-corrected chi connectivity index (χ0v) is 10.4. The number of carboxylic acid groups (broad SMARTS) is 1. The van der Waals surface area contributed by atoms with E-state index in [-0.39, 0.29) is 23.1 Å². The number of aromatic carboxylic acids is 1. The number of aryl methyl sites for hydroxylation is 1. The lowest BCUT2D eigenvalue weighted by Crippen LogP contribution is -2.25. The maximum atomic E-state index is 11.3. The first kappa shape index (κ1) is 13.3. The van der Waals surface area contributed by atoms with E-state index < -0.39 is 11.5 Å². The highest BCUT2D eigenvalue weighted by molar-refractivity contribution is 5.92. The number of carboxylic acids is 1. The fraction of sp³-hybridized carbons (Fsp3) is 0.0909. The number of hydrogen-bond donors (Lipinski definition) is 4. The highest BCUT2D eigenvalue weighted by Gasteiger charge is 2.11. The minimum Gasteiger partial charge on any atom is -0.507 e. The Morgan fingerprint density at radius 1 is 1.45 bits per heavy atom. The van der Waals surface area contributed by atoms with Crippen LogP contribution in [0.1, 0.15) is 10.4 Å². The quantitative estimate of drug-likeness (QED) is 0.569. The monoisotopic (exact) mass is 277 g/mol. The number of aromatic nitrogens is 3. The second kappa shape index (κ2) is 4.88. The molecule has 5 N–H and O–H groups in total. The minimum atomic E-state index is -1.27. The van der Waals surface area contributed by atoms with Gasteiger partial charge in [-0.2, -0.15) is 4.98 Å². The molecule has 0 bridgehead atoms. The number of rotatable bonds is 3. The van der Waals surface area contributed by atoms with Crippen LogP contribution in [0, 0.1) is 0 Å². The van der Waals surface area contributed by atoms with Crippen molar-refractivity contribution in [1.29, 1.82) is 0 Å². The molecular weight excluding hydrogens is 266 g/mol. The van der Waals surface area contributed by atoms with Gasteiger partial charge in [-0.1, -0.05) is 0 Å². The summed E-state index contributed by atoms with van der Waals surface area (Å²) >= 11 is 0. The van der Waals surface area contributed by atoms with Crippen molar-refractivity contribution >= 4 is 23.4 Å². The lowest BCUT2D eigenvalue weighted by Gasteiger charge is -2.08. The Hall–Kier alpha value is -3.10. The maximum Gasteiger partial charge on any atom is 0.339 e. The molecule has 0 amide bonds. The molecule has 1 heterocycles. The normalized spacial score (nSPS) is 10.2. The van der Waals surface area contributed by atoms with Crippen LogP contribution < -0.4 is 16.6 Å². The van der Waals surface area contributed by atoms with Gasteiger partial charge in [0.25, 0.3) is 0 Å². The second-order valence-corrected chi connectivity index (χ2v) is 3.91. The summed E-state index contributed by atoms with van der Waals surface area (Å²) in [7, 11) is 1.41. The van der Waals surface area contributed by atoms with Crippen LogP contribution in [0.2, 0.25) is 0 Å². The molecule has 0 unspecified atom stereocenters. The van der Waals surface area contributed by atoms with E-state index in [4.69, 9.17) is 10.8 Å². The van der Waals surface area contributed by atoms with Crippen LogP contribution in [0.4, 0.5) is 17.5 Å². The summed E-state index contributed by atoms with van der Waals surface area (Å²) in [5.74, 6) is -1.83. The van der Waals surface area contributed by atoms with Crippen molar-refractivity contribution in [2.24, 2.45) is 7.05 Å². The summed E-state index contributed by atoms with van der Waals surface area (Å²) < 4.78 is 1.00. The van der Waals surface area contributed by atoms with E-state index >= 15 is 0 Å². The molecule has 0 saturated heterocycles. The van der Waals surface area contributed by atoms with Crippen molar-refractivity contribution < 1.29 is 15.0 Å². The summed E-state index contributed by atoms with van der Waals surface area (Å²) in [4.78, 5) is 26.0. The topological polar surface area (TPSA) is 143 Å². The van der Waals surface area contributed by atoms with Crippen molar-refractivity contribution in [3.8, 4) is 5.75 Å². The molecule has 0 atom stereocenters. The van der Waals surface area contributed by atoms with E-state index in [9.17, 15) is 14.7 Å². The Morgan fingerprint density at radius 2 is 2.15 bits per heavy atom. The van der Waals surface area contributed by atoms with Gasteiger partial charge in [0.15, 0.2) is 5.82 Å². The first-order chi connectivity index (χ1) is 9.38. The fourth-order valence-corrected chi connectivity index (χ4v) is 1.50. The summed E-state index contributed by atoms with van der Waals surface area (Å²) in [6.45, 7) is 0. The number of nitrogens with two attached hydrogens (primary N) is 1. The Labute approximate surface area is 112 Å². The summed E-state index contributed by atoms with van der Waals surface area (Å²) in [6, 6.07) is 3.87. The van der Waals surface area contributed by atoms with Gasteiger partial charge in [0, 0.05) is 12.7 Å². The zero-order chi connectivity index (χ0) is 14.9. The molecule has 0 radical (unpaired) electrons. The smallest absolute Gasteiger partial charge is 0.339 e. The first-order valence-electron chi connectivity index (χ1n) is 5.42. The molecule has 0 aliphatic heterocycles. The fourth-order valence-electron chi connectivity index (χ4n) is 1.50. The van der Waals surface area contributed by atoms with Crippen molar-refractivity contribution in [1.82, 2.24) is 14.8 Å². The Morgan fingerprint density at radius 3 is 2.75 bits per heavy atom. The van der Waals surface area contributed by atoms with Gasteiger partial charge in [-0.15, -0.1) is 5.10 Å². The number of phenols is 1. The van der Waals surface area contributed by atoms with Crippen LogP contribution in [-0.2, 0) is 7.05 Å². The van der Waals surface area contributed by atoms with Crippen LogP contribution in [0.15, 0.2) is 23.0 Å². The highest BCUT2D eigenvalue weighted by atomic mass is 16.4. The van der Waals surface area contributed by atoms with Crippen LogP contribution in [0.25, 0.3) is 0 Å². The number of benzene rings is 1. The van der Waals surface area contributed by atoms with Gasteiger partial charge in [-0.05, 0) is 18.2 Å². The number of anilines is 3. The molecule has 20 heavy (non-hydrogen) atoms. The minimum absolute atomic E-state index is 0.0339. The lowest BCUT2D eigenvalue weighted by atomic mass is 10.2. The molecule has 0 aliphatic carbocycles. The highest BCUT2D eigenvalue weighted by Crippen LogP contribution is 2.22. The third-order valence-corrected chi connectivity index (χ3v) is 2.47. The average Bonchev–Trinajstić information content (AvgIpc) is 2.38. The van der Waals surface area contributed by atoms with Gasteiger partial charge in [0.1, 0.15) is 11.3 Å². The molecule has 9 nitrogen and oxygen atoms in total. The molecule has 0 fully saturated rings. The number of nitrogens with one attached hydrogen (secondary N) is 1. The molecule has 9 heteroatoms. The van der Waals surface area contributed by atoms with Gasteiger partial charge >= 0.3 is 11.5 Å². The summed E-state index contributed by atoms with van der Waals surface area (Å²) in [6.07, 6.45) is 0. The van der Waals surface area contributed by atoms with Gasteiger partial charge in [-0.3, -0.25) is 4.79 Å². The zero-order valence-electron chi connectivity index (χ0n) is 10.4. The van der Waals surface area contributed by atoms with E-state index in [1.54, 1.807) is 0 Å². The maximum absolute atomic E-state index is 11.3. The molecule has 2 aromatic rings. The van der Waals surface area contributed by atoms with Crippen LogP contribution in [0.5, 0.6) is 5.75 Å². The lowest BCUT2D eigenvalue weighted by molar-refractivity contribution is 0.0694. The van der Waals surface area contributed by atoms with Crippen LogP contribution in [-0.4, -0.2) is 30.9 Å². The molecule has 1 aromatic carbocycles. The van der Waals surface area contributed by atoms with Crippen molar-refractivity contribution in [3.63, 3.8) is 0 Å². The number of nitrogen functional groups attached to an aromatic ring is 1. The van der Waals surface area contributed by atoms with Gasteiger partial charge in [0.2, 0.25) is 5.95 Å². The molecule has 0 saturated carbocycles. The van der Waals surface area contributed by atoms with Crippen LogP contribution in [0.3, 0.4) is 0 Å². The Balaban J connectivity index is 2.38. The SMILES string of the molecule is Cn1nc(Nc2ccc(O)c(C(=O)O)c2)nc(N)c1=O. The number of hydrogen-bond acceptors (Lipinski definition) is 7. The van der Waals surface area contributed by atoms with Gasteiger partial charge in [0.05, 0.1) is 0 Å². The molecule has 0 spiro atoms. The number of carbonyl (C=O) groups is 1.